The third-order valence-electron chi connectivity index (χ3n) is 2.96. The van der Waals surface area contributed by atoms with Crippen LogP contribution in [0.2, 0.25) is 0 Å². The SMILES string of the molecule is CON=Cc1c(-c2ccccc2)ccc(OC)c1OC. The largest absolute Gasteiger partial charge is 0.493 e. The first kappa shape index (κ1) is 13.9. The maximum absolute atomic E-state index is 5.45. The fraction of sp³-hybridized carbons (Fsp3) is 0.188. The van der Waals surface area contributed by atoms with Gasteiger partial charge in [-0.05, 0) is 23.3 Å². The fourth-order valence-electron chi connectivity index (χ4n) is 2.05. The molecule has 0 atom stereocenters. The van der Waals surface area contributed by atoms with E-state index in [0.29, 0.717) is 11.5 Å². The molecule has 0 fully saturated rings. The van der Waals surface area contributed by atoms with E-state index in [2.05, 4.69) is 5.16 Å². The first-order chi connectivity index (χ1) is 9.81. The van der Waals surface area contributed by atoms with Crippen molar-refractivity contribution in [2.75, 3.05) is 21.3 Å². The quantitative estimate of drug-likeness (QED) is 0.618. The number of benzene rings is 2. The molecule has 0 aliphatic carbocycles. The van der Waals surface area contributed by atoms with Crippen LogP contribution < -0.4 is 9.47 Å². The summed E-state index contributed by atoms with van der Waals surface area (Å²) in [5.41, 5.74) is 2.90. The number of methoxy groups -OCH3 is 2. The normalized spacial score (nSPS) is 10.6. The van der Waals surface area contributed by atoms with Gasteiger partial charge in [-0.1, -0.05) is 35.5 Å². The van der Waals surface area contributed by atoms with E-state index in [1.807, 2.05) is 42.5 Å². The monoisotopic (exact) mass is 271 g/mol. The number of hydrogen-bond acceptors (Lipinski definition) is 4. The van der Waals surface area contributed by atoms with Crippen molar-refractivity contribution in [2.45, 2.75) is 0 Å². The predicted octanol–water partition coefficient (Wildman–Crippen LogP) is 3.35. The van der Waals surface area contributed by atoms with Gasteiger partial charge in [-0.3, -0.25) is 0 Å². The van der Waals surface area contributed by atoms with Gasteiger partial charge in [-0.15, -0.1) is 0 Å². The summed E-state index contributed by atoms with van der Waals surface area (Å²) in [6.07, 6.45) is 1.63. The average Bonchev–Trinajstić information content (AvgIpc) is 2.52. The van der Waals surface area contributed by atoms with Gasteiger partial charge in [0.05, 0.1) is 20.4 Å². The van der Waals surface area contributed by atoms with E-state index in [9.17, 15) is 0 Å². The zero-order valence-electron chi connectivity index (χ0n) is 11.8. The number of oxime groups is 1. The minimum absolute atomic E-state index is 0.634. The molecule has 20 heavy (non-hydrogen) atoms. The van der Waals surface area contributed by atoms with Crippen molar-refractivity contribution in [1.29, 1.82) is 0 Å². The van der Waals surface area contributed by atoms with Gasteiger partial charge in [-0.25, -0.2) is 0 Å². The van der Waals surface area contributed by atoms with Crippen LogP contribution in [-0.2, 0) is 4.84 Å². The number of nitrogens with zero attached hydrogens (tertiary/aromatic N) is 1. The summed E-state index contributed by atoms with van der Waals surface area (Å²) in [5, 5.41) is 3.85. The van der Waals surface area contributed by atoms with E-state index >= 15 is 0 Å². The Morgan fingerprint density at radius 3 is 2.25 bits per heavy atom. The molecule has 0 unspecified atom stereocenters. The summed E-state index contributed by atoms with van der Waals surface area (Å²) < 4.78 is 10.8. The number of hydrogen-bond donors (Lipinski definition) is 0. The van der Waals surface area contributed by atoms with Crippen LogP contribution in [-0.4, -0.2) is 27.5 Å². The molecule has 0 bridgehead atoms. The summed E-state index contributed by atoms with van der Waals surface area (Å²) in [7, 11) is 4.72. The minimum atomic E-state index is 0.634. The molecule has 2 rings (SSSR count). The van der Waals surface area contributed by atoms with E-state index < -0.39 is 0 Å². The highest BCUT2D eigenvalue weighted by molar-refractivity contribution is 5.94. The van der Waals surface area contributed by atoms with Gasteiger partial charge in [0.2, 0.25) is 0 Å². The molecule has 0 saturated heterocycles. The van der Waals surface area contributed by atoms with Crippen LogP contribution in [0.15, 0.2) is 47.6 Å². The van der Waals surface area contributed by atoms with Crippen LogP contribution in [0.5, 0.6) is 11.5 Å². The molecule has 0 N–H and O–H groups in total. The summed E-state index contributed by atoms with van der Waals surface area (Å²) >= 11 is 0. The topological polar surface area (TPSA) is 40.0 Å². The molecule has 0 saturated carbocycles. The first-order valence-electron chi connectivity index (χ1n) is 6.18. The van der Waals surface area contributed by atoms with Crippen molar-refractivity contribution in [3.05, 3.63) is 48.0 Å². The molecule has 0 spiro atoms. The summed E-state index contributed by atoms with van der Waals surface area (Å²) in [6, 6.07) is 13.9. The highest BCUT2D eigenvalue weighted by Gasteiger charge is 2.14. The third-order valence-corrected chi connectivity index (χ3v) is 2.96. The Bertz CT molecular complexity index is 594. The maximum atomic E-state index is 5.45. The predicted molar refractivity (Wildman–Crippen MR) is 79.6 cm³/mol. The second-order valence-corrected chi connectivity index (χ2v) is 4.05. The summed E-state index contributed by atoms with van der Waals surface area (Å²) in [4.78, 5) is 4.78. The first-order valence-corrected chi connectivity index (χ1v) is 6.18. The van der Waals surface area contributed by atoms with Crippen molar-refractivity contribution < 1.29 is 14.3 Å². The Labute approximate surface area is 118 Å². The molecular formula is C16H17NO3. The van der Waals surface area contributed by atoms with E-state index in [1.165, 1.54) is 7.11 Å². The van der Waals surface area contributed by atoms with E-state index in [4.69, 9.17) is 14.3 Å². The van der Waals surface area contributed by atoms with E-state index in [-0.39, 0.29) is 0 Å². The molecule has 0 aliphatic heterocycles. The smallest absolute Gasteiger partial charge is 0.170 e. The van der Waals surface area contributed by atoms with Gasteiger partial charge in [0.15, 0.2) is 11.5 Å². The van der Waals surface area contributed by atoms with Gasteiger partial charge in [-0.2, -0.15) is 0 Å². The van der Waals surface area contributed by atoms with E-state index in [1.54, 1.807) is 20.4 Å². The second kappa shape index (κ2) is 6.61. The van der Waals surface area contributed by atoms with Crippen LogP contribution in [0.4, 0.5) is 0 Å². The van der Waals surface area contributed by atoms with Gasteiger partial charge >= 0.3 is 0 Å². The number of ether oxygens (including phenoxy) is 2. The van der Waals surface area contributed by atoms with Crippen LogP contribution in [0.3, 0.4) is 0 Å². The van der Waals surface area contributed by atoms with Crippen LogP contribution >= 0.6 is 0 Å². The lowest BCUT2D eigenvalue weighted by Gasteiger charge is -2.14. The lowest BCUT2D eigenvalue weighted by molar-refractivity contribution is 0.215. The van der Waals surface area contributed by atoms with Gasteiger partial charge in [0.25, 0.3) is 0 Å². The molecule has 0 aromatic heterocycles. The molecule has 0 radical (unpaired) electrons. The van der Waals surface area contributed by atoms with Gasteiger partial charge in [0, 0.05) is 5.56 Å². The Morgan fingerprint density at radius 1 is 0.900 bits per heavy atom. The maximum Gasteiger partial charge on any atom is 0.170 e. The Kier molecular flexibility index (Phi) is 4.60. The molecule has 104 valence electrons. The minimum Gasteiger partial charge on any atom is -0.493 e. The van der Waals surface area contributed by atoms with Crippen molar-refractivity contribution in [3.63, 3.8) is 0 Å². The fourth-order valence-corrected chi connectivity index (χ4v) is 2.05. The number of rotatable bonds is 5. The molecule has 4 nitrogen and oxygen atoms in total. The zero-order valence-corrected chi connectivity index (χ0v) is 11.8. The molecule has 0 aliphatic rings. The molecular weight excluding hydrogens is 254 g/mol. The van der Waals surface area contributed by atoms with Crippen LogP contribution in [0.1, 0.15) is 5.56 Å². The molecule has 4 heteroatoms. The third kappa shape index (κ3) is 2.74. The molecule has 0 heterocycles. The van der Waals surface area contributed by atoms with Crippen molar-refractivity contribution >= 4 is 6.21 Å². The Balaban J connectivity index is 2.65. The van der Waals surface area contributed by atoms with Crippen molar-refractivity contribution in [2.24, 2.45) is 5.16 Å². The Hall–Kier alpha value is -2.49. The zero-order chi connectivity index (χ0) is 14.4. The highest BCUT2D eigenvalue weighted by atomic mass is 16.6. The van der Waals surface area contributed by atoms with Gasteiger partial charge in [0.1, 0.15) is 7.11 Å². The van der Waals surface area contributed by atoms with Crippen LogP contribution in [0.25, 0.3) is 11.1 Å². The standard InChI is InChI=1S/C16H17NO3/c1-18-15-10-9-13(12-7-5-4-6-8-12)14(11-17-20-3)16(15)19-2/h4-11H,1-3H3. The summed E-state index contributed by atoms with van der Waals surface area (Å²) in [6.45, 7) is 0. The van der Waals surface area contributed by atoms with Gasteiger partial charge < -0.3 is 14.3 Å². The molecule has 0 amide bonds. The highest BCUT2D eigenvalue weighted by Crippen LogP contribution is 2.37. The molecule has 2 aromatic carbocycles. The van der Waals surface area contributed by atoms with Crippen molar-refractivity contribution in [3.8, 4) is 22.6 Å². The lowest BCUT2D eigenvalue weighted by atomic mass is 9.99. The molecule has 2 aromatic rings. The van der Waals surface area contributed by atoms with Crippen LogP contribution in [0, 0.1) is 0 Å². The average molecular weight is 271 g/mol. The van der Waals surface area contributed by atoms with E-state index in [0.717, 1.165) is 16.7 Å². The van der Waals surface area contributed by atoms with Crippen molar-refractivity contribution in [1.82, 2.24) is 0 Å². The summed E-state index contributed by atoms with van der Waals surface area (Å²) in [5.74, 6) is 1.29. The lowest BCUT2D eigenvalue weighted by Crippen LogP contribution is -1.98. The Morgan fingerprint density at radius 2 is 1.65 bits per heavy atom. The second-order valence-electron chi connectivity index (χ2n) is 4.05.